The monoisotopic (exact) mass is 425 g/mol. The van der Waals surface area contributed by atoms with Gasteiger partial charge in [0.2, 0.25) is 6.29 Å². The van der Waals surface area contributed by atoms with Gasteiger partial charge in [-0.3, -0.25) is 0 Å². The Morgan fingerprint density at radius 2 is 2.00 bits per heavy atom. The lowest BCUT2D eigenvalue weighted by Crippen LogP contribution is -2.52. The van der Waals surface area contributed by atoms with Crippen molar-refractivity contribution < 1.29 is 34.3 Å². The van der Waals surface area contributed by atoms with Crippen molar-refractivity contribution in [3.63, 3.8) is 0 Å². The summed E-state index contributed by atoms with van der Waals surface area (Å²) in [6, 6.07) is 5.71. The molecule has 8 nitrogen and oxygen atoms in total. The fourth-order valence-electron chi connectivity index (χ4n) is 3.22. The number of hydrogen-bond donors (Lipinski definition) is 4. The highest BCUT2D eigenvalue weighted by molar-refractivity contribution is 5.73. The second-order valence-corrected chi connectivity index (χ2v) is 8.82. The van der Waals surface area contributed by atoms with Crippen molar-refractivity contribution in [2.45, 2.75) is 96.7 Å². The molecule has 2 rings (SSSR count). The highest BCUT2D eigenvalue weighted by atomic mass is 16.7. The van der Waals surface area contributed by atoms with Gasteiger partial charge in [0.15, 0.2) is 6.10 Å². The van der Waals surface area contributed by atoms with Gasteiger partial charge in [-0.1, -0.05) is 19.4 Å². The van der Waals surface area contributed by atoms with E-state index in [1.165, 1.54) is 0 Å². The molecule has 1 heterocycles. The molecule has 1 aromatic rings. The zero-order valence-electron chi connectivity index (χ0n) is 18.4. The minimum absolute atomic E-state index is 0.145. The van der Waals surface area contributed by atoms with E-state index in [1.807, 2.05) is 32.9 Å². The summed E-state index contributed by atoms with van der Waals surface area (Å²) in [5, 5.41) is 32.7. The van der Waals surface area contributed by atoms with E-state index < -0.39 is 30.6 Å². The number of nitrogens with one attached hydrogen (secondary N) is 1. The van der Waals surface area contributed by atoms with Crippen molar-refractivity contribution in [2.75, 3.05) is 5.32 Å². The van der Waals surface area contributed by atoms with Crippen molar-refractivity contribution in [1.82, 2.24) is 0 Å². The van der Waals surface area contributed by atoms with E-state index in [9.17, 15) is 20.1 Å². The number of carbonyl (C=O) groups is 1. The number of aliphatic hydroxyl groups is 2. The maximum absolute atomic E-state index is 11.3. The van der Waals surface area contributed by atoms with Crippen molar-refractivity contribution in [2.24, 2.45) is 0 Å². The van der Waals surface area contributed by atoms with E-state index >= 15 is 0 Å². The van der Waals surface area contributed by atoms with Gasteiger partial charge in [0, 0.05) is 12.5 Å². The summed E-state index contributed by atoms with van der Waals surface area (Å²) < 4.78 is 17.0. The van der Waals surface area contributed by atoms with E-state index in [4.69, 9.17) is 14.2 Å². The average Bonchev–Trinajstić information content (AvgIpc) is 2.63. The number of aliphatic carboxylic acids is 1. The summed E-state index contributed by atoms with van der Waals surface area (Å²) in [5.41, 5.74) is 1.39. The Hall–Kier alpha value is -1.87. The number of carboxylic acids is 1. The summed E-state index contributed by atoms with van der Waals surface area (Å²) in [4.78, 5) is 11.3. The van der Waals surface area contributed by atoms with Gasteiger partial charge in [-0.2, -0.15) is 0 Å². The predicted molar refractivity (Wildman–Crippen MR) is 113 cm³/mol. The second kappa shape index (κ2) is 10.4. The molecule has 170 valence electrons. The van der Waals surface area contributed by atoms with E-state index in [-0.39, 0.29) is 18.1 Å². The molecule has 0 radical (unpaired) electrons. The lowest BCUT2D eigenvalue weighted by Gasteiger charge is -2.35. The quantitative estimate of drug-likeness (QED) is 0.477. The lowest BCUT2D eigenvalue weighted by atomic mass is 10.0. The normalized spacial score (nSPS) is 25.6. The molecule has 1 aliphatic rings. The first-order chi connectivity index (χ1) is 14.0. The Morgan fingerprint density at radius 1 is 1.30 bits per heavy atom. The smallest absolute Gasteiger partial charge is 0.335 e. The standard InChI is InChI=1S/C22H35NO7/c1-6-7-13(2)23-15-10-14(12-28-22(3,4)5)8-9-18(15)29-21-17(25)11-16(24)19(30-21)20(26)27/h8-10,13,16-17,19,21,23-25H,6-7,11-12H2,1-5H3,(H,26,27)/t13?,16-,17+,19-,21+/m0/s1. The van der Waals surface area contributed by atoms with Gasteiger partial charge in [-0.05, 0) is 51.8 Å². The Morgan fingerprint density at radius 3 is 2.60 bits per heavy atom. The van der Waals surface area contributed by atoms with Crippen LogP contribution in [0.25, 0.3) is 0 Å². The SMILES string of the molecule is CCCC(C)Nc1cc(COC(C)(C)C)ccc1O[C@@H]1O[C@H](C(=O)O)[C@@H](O)C[C@H]1O. The Labute approximate surface area is 178 Å². The second-order valence-electron chi connectivity index (χ2n) is 8.82. The van der Waals surface area contributed by atoms with Gasteiger partial charge in [0.1, 0.15) is 11.9 Å². The van der Waals surface area contributed by atoms with Crippen LogP contribution in [0, 0.1) is 0 Å². The molecule has 1 aromatic carbocycles. The largest absolute Gasteiger partial charge is 0.479 e. The fourth-order valence-corrected chi connectivity index (χ4v) is 3.22. The molecule has 4 N–H and O–H groups in total. The van der Waals surface area contributed by atoms with Crippen molar-refractivity contribution in [1.29, 1.82) is 0 Å². The molecule has 5 atom stereocenters. The summed E-state index contributed by atoms with van der Waals surface area (Å²) in [6.07, 6.45) is -3.27. The van der Waals surface area contributed by atoms with Crippen LogP contribution in [0.15, 0.2) is 18.2 Å². The van der Waals surface area contributed by atoms with E-state index in [0.717, 1.165) is 18.4 Å². The predicted octanol–water partition coefficient (Wildman–Crippen LogP) is 2.90. The van der Waals surface area contributed by atoms with E-state index in [0.29, 0.717) is 18.0 Å². The van der Waals surface area contributed by atoms with Gasteiger partial charge < -0.3 is 34.8 Å². The molecule has 1 fully saturated rings. The maximum Gasteiger partial charge on any atom is 0.335 e. The van der Waals surface area contributed by atoms with E-state index in [1.54, 1.807) is 6.07 Å². The van der Waals surface area contributed by atoms with Gasteiger partial charge >= 0.3 is 5.97 Å². The first-order valence-corrected chi connectivity index (χ1v) is 10.4. The number of hydrogen-bond acceptors (Lipinski definition) is 7. The fraction of sp³-hybridized carbons (Fsp3) is 0.682. The van der Waals surface area contributed by atoms with Crippen LogP contribution in [-0.4, -0.2) is 57.5 Å². The zero-order chi connectivity index (χ0) is 22.5. The van der Waals surface area contributed by atoms with Gasteiger partial charge in [-0.25, -0.2) is 4.79 Å². The Kier molecular flexibility index (Phi) is 8.49. The first-order valence-electron chi connectivity index (χ1n) is 10.4. The van der Waals surface area contributed by atoms with Crippen LogP contribution in [0.3, 0.4) is 0 Å². The molecule has 0 amide bonds. The third-order valence-corrected chi connectivity index (χ3v) is 4.75. The Balaban J connectivity index is 2.22. The Bertz CT molecular complexity index is 703. The highest BCUT2D eigenvalue weighted by Gasteiger charge is 2.41. The number of ether oxygens (including phenoxy) is 3. The zero-order valence-corrected chi connectivity index (χ0v) is 18.4. The van der Waals surface area contributed by atoms with Gasteiger partial charge in [0.25, 0.3) is 0 Å². The molecule has 1 aliphatic heterocycles. The molecule has 1 saturated heterocycles. The van der Waals surface area contributed by atoms with Crippen LogP contribution in [0.4, 0.5) is 5.69 Å². The van der Waals surface area contributed by atoms with Crippen LogP contribution in [-0.2, 0) is 20.9 Å². The highest BCUT2D eigenvalue weighted by Crippen LogP contribution is 2.32. The summed E-state index contributed by atoms with van der Waals surface area (Å²) in [6.45, 7) is 10.6. The third kappa shape index (κ3) is 7.12. The van der Waals surface area contributed by atoms with Crippen LogP contribution >= 0.6 is 0 Å². The van der Waals surface area contributed by atoms with Gasteiger partial charge in [0.05, 0.1) is 24.0 Å². The number of rotatable bonds is 9. The summed E-state index contributed by atoms with van der Waals surface area (Å²) in [5.74, 6) is -0.866. The topological polar surface area (TPSA) is 117 Å². The number of anilines is 1. The molecule has 0 saturated carbocycles. The van der Waals surface area contributed by atoms with Crippen LogP contribution in [0.1, 0.15) is 59.4 Å². The van der Waals surface area contributed by atoms with Crippen LogP contribution in [0.5, 0.6) is 5.75 Å². The van der Waals surface area contributed by atoms with Crippen molar-refractivity contribution >= 4 is 11.7 Å². The number of benzene rings is 1. The number of aliphatic hydroxyl groups excluding tert-OH is 2. The van der Waals surface area contributed by atoms with Crippen molar-refractivity contribution in [3.8, 4) is 5.75 Å². The minimum atomic E-state index is -1.45. The number of carboxylic acid groups (broad SMARTS) is 1. The molecule has 0 spiro atoms. The van der Waals surface area contributed by atoms with Crippen molar-refractivity contribution in [3.05, 3.63) is 23.8 Å². The molecule has 1 unspecified atom stereocenters. The lowest BCUT2D eigenvalue weighted by molar-refractivity contribution is -0.237. The van der Waals surface area contributed by atoms with Crippen LogP contribution in [0.2, 0.25) is 0 Å². The molecule has 0 aliphatic carbocycles. The van der Waals surface area contributed by atoms with Crippen LogP contribution < -0.4 is 10.1 Å². The first kappa shape index (κ1) is 24.4. The maximum atomic E-state index is 11.3. The molecule has 0 aromatic heterocycles. The summed E-state index contributed by atoms with van der Waals surface area (Å²) in [7, 11) is 0. The van der Waals surface area contributed by atoms with E-state index in [2.05, 4.69) is 19.2 Å². The molecule has 30 heavy (non-hydrogen) atoms. The average molecular weight is 426 g/mol. The molecular weight excluding hydrogens is 390 g/mol. The molecule has 8 heteroatoms. The minimum Gasteiger partial charge on any atom is -0.479 e. The summed E-state index contributed by atoms with van der Waals surface area (Å²) >= 11 is 0. The molecular formula is C22H35NO7. The third-order valence-electron chi connectivity index (χ3n) is 4.75. The van der Waals surface area contributed by atoms with Gasteiger partial charge in [-0.15, -0.1) is 0 Å². The molecule has 0 bridgehead atoms.